The summed E-state index contributed by atoms with van der Waals surface area (Å²) in [5.41, 5.74) is 0. The minimum Gasteiger partial charge on any atom is -0.468 e. The molecule has 0 aromatic carbocycles. The second kappa shape index (κ2) is 7.24. The summed E-state index contributed by atoms with van der Waals surface area (Å²) in [5, 5.41) is 2.88. The van der Waals surface area contributed by atoms with Gasteiger partial charge in [0, 0.05) is 19.7 Å². The Hall–Kier alpha value is -1.14. The maximum atomic E-state index is 11.6. The van der Waals surface area contributed by atoms with Crippen LogP contribution in [0.4, 0.5) is 0 Å². The van der Waals surface area contributed by atoms with Crippen LogP contribution in [0.25, 0.3) is 0 Å². The van der Waals surface area contributed by atoms with E-state index in [2.05, 4.69) is 10.1 Å². The maximum absolute atomic E-state index is 11.6. The van der Waals surface area contributed by atoms with Gasteiger partial charge in [-0.2, -0.15) is 0 Å². The third kappa shape index (κ3) is 6.23. The van der Waals surface area contributed by atoms with Gasteiger partial charge in [-0.15, -0.1) is 0 Å². The second-order valence-corrected chi connectivity index (χ2v) is 4.12. The van der Waals surface area contributed by atoms with Crippen molar-refractivity contribution in [3.8, 4) is 0 Å². The smallest absolute Gasteiger partial charge is 0.319 e. The molecular formula is C11H20N2O4. The number of carbonyl (C=O) groups is 2. The zero-order chi connectivity index (χ0) is 12.7. The Morgan fingerprint density at radius 1 is 1.29 bits per heavy atom. The zero-order valence-electron chi connectivity index (χ0n) is 10.4. The molecule has 0 saturated heterocycles. The Labute approximate surface area is 101 Å². The van der Waals surface area contributed by atoms with Crippen LogP contribution in [0.3, 0.4) is 0 Å². The summed E-state index contributed by atoms with van der Waals surface area (Å²) >= 11 is 0. The van der Waals surface area contributed by atoms with Gasteiger partial charge in [-0.1, -0.05) is 0 Å². The van der Waals surface area contributed by atoms with Crippen molar-refractivity contribution in [2.75, 3.05) is 40.5 Å². The first-order valence-corrected chi connectivity index (χ1v) is 5.73. The number of ether oxygens (including phenoxy) is 2. The summed E-state index contributed by atoms with van der Waals surface area (Å²) in [6.07, 6.45) is 2.11. The molecule has 1 aliphatic rings. The van der Waals surface area contributed by atoms with Crippen molar-refractivity contribution in [1.82, 2.24) is 10.2 Å². The molecule has 6 heteroatoms. The highest BCUT2D eigenvalue weighted by atomic mass is 16.5. The molecule has 0 aliphatic heterocycles. The van der Waals surface area contributed by atoms with Crippen molar-refractivity contribution in [3.05, 3.63) is 0 Å². The van der Waals surface area contributed by atoms with E-state index < -0.39 is 0 Å². The van der Waals surface area contributed by atoms with E-state index in [-0.39, 0.29) is 25.0 Å². The van der Waals surface area contributed by atoms with E-state index in [9.17, 15) is 9.59 Å². The highest BCUT2D eigenvalue weighted by Crippen LogP contribution is 2.18. The van der Waals surface area contributed by atoms with Gasteiger partial charge in [0.15, 0.2) is 0 Å². The van der Waals surface area contributed by atoms with E-state index in [0.29, 0.717) is 19.2 Å². The Kier molecular flexibility index (Phi) is 5.93. The standard InChI is InChI=1S/C11H20N2O4/c1-16-6-5-13(8-11(15)17-2)7-10(14)12-9-3-4-9/h9H,3-8H2,1-2H3,(H,12,14). The van der Waals surface area contributed by atoms with Crippen LogP contribution in [-0.2, 0) is 19.1 Å². The number of esters is 1. The molecule has 1 amide bonds. The summed E-state index contributed by atoms with van der Waals surface area (Å²) < 4.78 is 9.52. The molecule has 98 valence electrons. The van der Waals surface area contributed by atoms with Crippen LogP contribution < -0.4 is 5.32 Å². The number of rotatable bonds is 8. The van der Waals surface area contributed by atoms with Crippen LogP contribution in [0.15, 0.2) is 0 Å². The minimum absolute atomic E-state index is 0.0486. The first-order valence-electron chi connectivity index (χ1n) is 5.73. The number of amides is 1. The molecule has 1 aliphatic carbocycles. The van der Waals surface area contributed by atoms with Gasteiger partial charge in [-0.05, 0) is 12.8 Å². The topological polar surface area (TPSA) is 67.9 Å². The summed E-state index contributed by atoms with van der Waals surface area (Å²) in [7, 11) is 2.92. The molecule has 0 radical (unpaired) electrons. The number of nitrogens with zero attached hydrogens (tertiary/aromatic N) is 1. The Balaban J connectivity index is 2.31. The molecule has 0 aromatic rings. The Morgan fingerprint density at radius 3 is 2.53 bits per heavy atom. The van der Waals surface area contributed by atoms with E-state index in [4.69, 9.17) is 4.74 Å². The highest BCUT2D eigenvalue weighted by molar-refractivity contribution is 5.79. The monoisotopic (exact) mass is 244 g/mol. The molecule has 17 heavy (non-hydrogen) atoms. The molecule has 1 N–H and O–H groups in total. The van der Waals surface area contributed by atoms with Crippen molar-refractivity contribution >= 4 is 11.9 Å². The van der Waals surface area contributed by atoms with E-state index in [1.165, 1.54) is 7.11 Å². The van der Waals surface area contributed by atoms with Gasteiger partial charge in [0.05, 0.1) is 26.8 Å². The SMILES string of the molecule is COCCN(CC(=O)NC1CC1)CC(=O)OC. The van der Waals surface area contributed by atoms with Gasteiger partial charge in [0.25, 0.3) is 0 Å². The Morgan fingerprint density at radius 2 is 2.00 bits per heavy atom. The summed E-state index contributed by atoms with van der Waals surface area (Å²) in [5.74, 6) is -0.396. The Bertz CT molecular complexity index is 266. The molecule has 0 aromatic heterocycles. The van der Waals surface area contributed by atoms with E-state index in [0.717, 1.165) is 12.8 Å². The maximum Gasteiger partial charge on any atom is 0.319 e. The molecular weight excluding hydrogens is 224 g/mol. The van der Waals surface area contributed by atoms with Crippen LogP contribution >= 0.6 is 0 Å². The number of nitrogens with one attached hydrogen (secondary N) is 1. The molecule has 0 spiro atoms. The second-order valence-electron chi connectivity index (χ2n) is 4.12. The summed E-state index contributed by atoms with van der Waals surface area (Å²) in [6.45, 7) is 1.32. The van der Waals surface area contributed by atoms with Crippen LogP contribution in [-0.4, -0.2) is 63.3 Å². The lowest BCUT2D eigenvalue weighted by atomic mass is 10.4. The number of methoxy groups -OCH3 is 2. The predicted molar refractivity (Wildman–Crippen MR) is 61.5 cm³/mol. The van der Waals surface area contributed by atoms with Crippen LogP contribution in [0, 0.1) is 0 Å². The number of hydrogen-bond donors (Lipinski definition) is 1. The van der Waals surface area contributed by atoms with E-state index >= 15 is 0 Å². The van der Waals surface area contributed by atoms with Gasteiger partial charge >= 0.3 is 5.97 Å². The summed E-state index contributed by atoms with van der Waals surface area (Å²) in [4.78, 5) is 24.5. The normalized spacial score (nSPS) is 14.8. The summed E-state index contributed by atoms with van der Waals surface area (Å²) in [6, 6.07) is 0.338. The number of hydrogen-bond acceptors (Lipinski definition) is 5. The van der Waals surface area contributed by atoms with Gasteiger partial charge in [0.1, 0.15) is 0 Å². The fourth-order valence-corrected chi connectivity index (χ4v) is 1.39. The first kappa shape index (κ1) is 13.9. The highest BCUT2D eigenvalue weighted by Gasteiger charge is 2.24. The first-order chi connectivity index (χ1) is 8.15. The molecule has 0 heterocycles. The van der Waals surface area contributed by atoms with Crippen molar-refractivity contribution in [1.29, 1.82) is 0 Å². The molecule has 0 atom stereocenters. The molecule has 1 fully saturated rings. The van der Waals surface area contributed by atoms with Crippen LogP contribution in [0.1, 0.15) is 12.8 Å². The molecule has 1 rings (SSSR count). The predicted octanol–water partition coefficient (Wildman–Crippen LogP) is -0.614. The van der Waals surface area contributed by atoms with E-state index in [1.54, 1.807) is 12.0 Å². The van der Waals surface area contributed by atoms with Crippen LogP contribution in [0.5, 0.6) is 0 Å². The molecule has 1 saturated carbocycles. The quantitative estimate of drug-likeness (QED) is 0.577. The average molecular weight is 244 g/mol. The van der Waals surface area contributed by atoms with Crippen molar-refractivity contribution < 1.29 is 19.1 Å². The minimum atomic E-state index is -0.347. The van der Waals surface area contributed by atoms with Gasteiger partial charge in [-0.3, -0.25) is 14.5 Å². The lowest BCUT2D eigenvalue weighted by Gasteiger charge is -2.19. The fourth-order valence-electron chi connectivity index (χ4n) is 1.39. The van der Waals surface area contributed by atoms with Gasteiger partial charge in [0.2, 0.25) is 5.91 Å². The van der Waals surface area contributed by atoms with Gasteiger partial charge < -0.3 is 14.8 Å². The number of carbonyl (C=O) groups excluding carboxylic acids is 2. The molecule has 0 unspecified atom stereocenters. The van der Waals surface area contributed by atoms with Gasteiger partial charge in [-0.25, -0.2) is 0 Å². The lowest BCUT2D eigenvalue weighted by molar-refractivity contribution is -0.142. The van der Waals surface area contributed by atoms with Crippen molar-refractivity contribution in [3.63, 3.8) is 0 Å². The fraction of sp³-hybridized carbons (Fsp3) is 0.818. The third-order valence-electron chi connectivity index (χ3n) is 2.50. The molecule has 6 nitrogen and oxygen atoms in total. The van der Waals surface area contributed by atoms with E-state index in [1.807, 2.05) is 0 Å². The average Bonchev–Trinajstić information content (AvgIpc) is 3.09. The third-order valence-corrected chi connectivity index (χ3v) is 2.50. The largest absolute Gasteiger partial charge is 0.468 e. The molecule has 0 bridgehead atoms. The van der Waals surface area contributed by atoms with Crippen LogP contribution in [0.2, 0.25) is 0 Å². The zero-order valence-corrected chi connectivity index (χ0v) is 10.4. The van der Waals surface area contributed by atoms with Crippen molar-refractivity contribution in [2.24, 2.45) is 0 Å². The lowest BCUT2D eigenvalue weighted by Crippen LogP contribution is -2.42. The van der Waals surface area contributed by atoms with Crippen molar-refractivity contribution in [2.45, 2.75) is 18.9 Å².